The molecule has 26 heavy (non-hydrogen) atoms. The molecule has 1 heterocycles. The molecule has 0 aliphatic carbocycles. The van der Waals surface area contributed by atoms with E-state index >= 15 is 0 Å². The summed E-state index contributed by atoms with van der Waals surface area (Å²) in [5, 5.41) is 0.515. The molecule has 3 rings (SSSR count). The second-order valence-electron chi connectivity index (χ2n) is 6.30. The number of amides is 1. The molecule has 0 spiro atoms. The van der Waals surface area contributed by atoms with Gasteiger partial charge in [0.1, 0.15) is 11.5 Å². The number of halogens is 1. The summed E-state index contributed by atoms with van der Waals surface area (Å²) in [5.41, 5.74) is 2.81. The lowest BCUT2D eigenvalue weighted by Crippen LogP contribution is -2.48. The van der Waals surface area contributed by atoms with Crippen LogP contribution in [0.1, 0.15) is 15.9 Å². The number of hydrogen-bond acceptors (Lipinski definition) is 4. The van der Waals surface area contributed by atoms with Crippen molar-refractivity contribution in [1.29, 1.82) is 0 Å². The summed E-state index contributed by atoms with van der Waals surface area (Å²) in [6.07, 6.45) is 0. The maximum atomic E-state index is 12.7. The van der Waals surface area contributed by atoms with Gasteiger partial charge in [-0.15, -0.1) is 0 Å². The van der Waals surface area contributed by atoms with Crippen molar-refractivity contribution >= 4 is 23.2 Å². The van der Waals surface area contributed by atoms with Crippen molar-refractivity contribution in [3.05, 3.63) is 52.5 Å². The number of nitrogens with zero attached hydrogens (tertiary/aromatic N) is 2. The molecular formula is C20H23ClN2O3. The Kier molecular flexibility index (Phi) is 5.57. The Labute approximate surface area is 159 Å². The molecule has 6 heteroatoms. The van der Waals surface area contributed by atoms with E-state index in [4.69, 9.17) is 21.1 Å². The Hall–Kier alpha value is -2.40. The highest BCUT2D eigenvalue weighted by atomic mass is 35.5. The van der Waals surface area contributed by atoms with Gasteiger partial charge in [0.25, 0.3) is 5.91 Å². The van der Waals surface area contributed by atoms with Crippen molar-refractivity contribution in [3.8, 4) is 11.5 Å². The summed E-state index contributed by atoms with van der Waals surface area (Å²) in [5.74, 6) is 1.39. The molecule has 2 aromatic carbocycles. The quantitative estimate of drug-likeness (QED) is 0.819. The van der Waals surface area contributed by atoms with Gasteiger partial charge in [-0.25, -0.2) is 0 Å². The van der Waals surface area contributed by atoms with Crippen molar-refractivity contribution in [1.82, 2.24) is 4.90 Å². The van der Waals surface area contributed by atoms with Crippen molar-refractivity contribution in [2.24, 2.45) is 0 Å². The first-order chi connectivity index (χ1) is 12.5. The Morgan fingerprint density at radius 1 is 0.962 bits per heavy atom. The summed E-state index contributed by atoms with van der Waals surface area (Å²) >= 11 is 6.19. The maximum Gasteiger partial charge on any atom is 0.253 e. The smallest absolute Gasteiger partial charge is 0.253 e. The van der Waals surface area contributed by atoms with E-state index in [0.29, 0.717) is 29.6 Å². The molecule has 5 nitrogen and oxygen atoms in total. The van der Waals surface area contributed by atoms with Gasteiger partial charge in [0.2, 0.25) is 0 Å². The molecule has 0 saturated carbocycles. The van der Waals surface area contributed by atoms with Crippen LogP contribution in [0.4, 0.5) is 5.69 Å². The van der Waals surface area contributed by atoms with E-state index in [1.165, 1.54) is 0 Å². The van der Waals surface area contributed by atoms with Crippen molar-refractivity contribution in [2.45, 2.75) is 6.92 Å². The third-order valence-corrected chi connectivity index (χ3v) is 4.95. The van der Waals surface area contributed by atoms with Crippen LogP contribution in [-0.2, 0) is 0 Å². The fraction of sp³-hybridized carbons (Fsp3) is 0.350. The van der Waals surface area contributed by atoms with Crippen molar-refractivity contribution in [2.75, 3.05) is 45.3 Å². The molecule has 0 N–H and O–H groups in total. The summed E-state index contributed by atoms with van der Waals surface area (Å²) in [7, 11) is 3.22. The zero-order chi connectivity index (χ0) is 18.7. The third kappa shape index (κ3) is 3.73. The van der Waals surface area contributed by atoms with Crippen LogP contribution in [0.2, 0.25) is 5.02 Å². The highest BCUT2D eigenvalue weighted by Crippen LogP contribution is 2.38. The molecule has 1 aliphatic heterocycles. The van der Waals surface area contributed by atoms with Crippen LogP contribution < -0.4 is 14.4 Å². The summed E-state index contributed by atoms with van der Waals surface area (Å²) in [6.45, 7) is 4.76. The minimum absolute atomic E-state index is 0.0744. The maximum absolute atomic E-state index is 12.7. The minimum atomic E-state index is 0.0744. The van der Waals surface area contributed by atoms with Crippen LogP contribution in [0.25, 0.3) is 0 Å². The molecule has 138 valence electrons. The highest BCUT2D eigenvalue weighted by molar-refractivity contribution is 6.32. The number of piperazine rings is 1. The van der Waals surface area contributed by atoms with E-state index in [1.54, 1.807) is 20.3 Å². The number of rotatable bonds is 4. The Balaban J connectivity index is 1.72. The number of anilines is 1. The zero-order valence-corrected chi connectivity index (χ0v) is 16.0. The van der Waals surface area contributed by atoms with Crippen LogP contribution >= 0.6 is 11.6 Å². The number of methoxy groups -OCH3 is 2. The van der Waals surface area contributed by atoms with E-state index < -0.39 is 0 Å². The molecule has 0 bridgehead atoms. The topological polar surface area (TPSA) is 42.0 Å². The van der Waals surface area contributed by atoms with Crippen molar-refractivity contribution in [3.63, 3.8) is 0 Å². The van der Waals surface area contributed by atoms with Crippen LogP contribution in [0.15, 0.2) is 36.4 Å². The Morgan fingerprint density at radius 3 is 2.15 bits per heavy atom. The van der Waals surface area contributed by atoms with Crippen LogP contribution in [0, 0.1) is 6.92 Å². The average Bonchev–Trinajstić information content (AvgIpc) is 2.68. The predicted molar refractivity (Wildman–Crippen MR) is 104 cm³/mol. The number of hydrogen-bond donors (Lipinski definition) is 0. The Morgan fingerprint density at radius 2 is 1.58 bits per heavy atom. The zero-order valence-electron chi connectivity index (χ0n) is 15.3. The normalized spacial score (nSPS) is 14.3. The molecule has 0 atom stereocenters. The Bertz CT molecular complexity index is 784. The van der Waals surface area contributed by atoms with Gasteiger partial charge >= 0.3 is 0 Å². The van der Waals surface area contributed by atoms with Gasteiger partial charge in [-0.3, -0.25) is 4.79 Å². The fourth-order valence-corrected chi connectivity index (χ4v) is 3.35. The predicted octanol–water partition coefficient (Wildman–Crippen LogP) is 3.63. The molecule has 0 aromatic heterocycles. The third-order valence-electron chi connectivity index (χ3n) is 4.66. The summed E-state index contributed by atoms with van der Waals surface area (Å²) in [4.78, 5) is 16.7. The molecule has 1 saturated heterocycles. The van der Waals surface area contributed by atoms with Gasteiger partial charge in [0.15, 0.2) is 0 Å². The molecular weight excluding hydrogens is 352 g/mol. The van der Waals surface area contributed by atoms with Gasteiger partial charge in [-0.2, -0.15) is 0 Å². The van der Waals surface area contributed by atoms with E-state index in [9.17, 15) is 4.79 Å². The van der Waals surface area contributed by atoms with E-state index in [2.05, 4.69) is 4.90 Å². The van der Waals surface area contributed by atoms with E-state index in [0.717, 1.165) is 29.9 Å². The van der Waals surface area contributed by atoms with Crippen molar-refractivity contribution < 1.29 is 14.3 Å². The molecule has 1 aliphatic rings. The molecule has 0 radical (unpaired) electrons. The summed E-state index contributed by atoms with van der Waals surface area (Å²) < 4.78 is 10.8. The van der Waals surface area contributed by atoms with Gasteiger partial charge in [-0.1, -0.05) is 29.3 Å². The lowest BCUT2D eigenvalue weighted by molar-refractivity contribution is 0.0746. The van der Waals surface area contributed by atoms with Crippen LogP contribution in [-0.4, -0.2) is 51.2 Å². The molecule has 0 unspecified atom stereocenters. The SMILES string of the molecule is COc1cc(N2CCN(C(=O)c3ccc(C)cc3)CC2)c(OC)cc1Cl. The number of carbonyl (C=O) groups excluding carboxylic acids is 1. The first kappa shape index (κ1) is 18.4. The number of aryl methyl sites for hydroxylation is 1. The second kappa shape index (κ2) is 7.87. The van der Waals surface area contributed by atoms with E-state index in [-0.39, 0.29) is 5.91 Å². The van der Waals surface area contributed by atoms with Gasteiger partial charge in [0, 0.05) is 43.9 Å². The van der Waals surface area contributed by atoms with E-state index in [1.807, 2.05) is 42.2 Å². The number of benzene rings is 2. The number of carbonyl (C=O) groups is 1. The monoisotopic (exact) mass is 374 g/mol. The first-order valence-electron chi connectivity index (χ1n) is 8.56. The first-order valence-corrected chi connectivity index (χ1v) is 8.93. The standard InChI is InChI=1S/C20H23ClN2O3/c1-14-4-6-15(7-5-14)20(24)23-10-8-22(9-11-23)17-13-18(25-2)16(21)12-19(17)26-3/h4-7,12-13H,8-11H2,1-3H3. The van der Waals surface area contributed by atoms with Gasteiger partial charge < -0.3 is 19.3 Å². The van der Waals surface area contributed by atoms with Crippen LogP contribution in [0.5, 0.6) is 11.5 Å². The number of ether oxygens (including phenoxy) is 2. The summed E-state index contributed by atoms with van der Waals surface area (Å²) in [6, 6.07) is 11.4. The van der Waals surface area contributed by atoms with Gasteiger partial charge in [0.05, 0.1) is 24.9 Å². The lowest BCUT2D eigenvalue weighted by atomic mass is 10.1. The molecule has 1 amide bonds. The highest BCUT2D eigenvalue weighted by Gasteiger charge is 2.24. The largest absolute Gasteiger partial charge is 0.495 e. The fourth-order valence-electron chi connectivity index (χ4n) is 3.12. The minimum Gasteiger partial charge on any atom is -0.495 e. The van der Waals surface area contributed by atoms with Gasteiger partial charge in [-0.05, 0) is 19.1 Å². The average molecular weight is 375 g/mol. The second-order valence-corrected chi connectivity index (χ2v) is 6.71. The molecule has 2 aromatic rings. The lowest BCUT2D eigenvalue weighted by Gasteiger charge is -2.36. The molecule has 1 fully saturated rings. The van der Waals surface area contributed by atoms with Crippen LogP contribution in [0.3, 0.4) is 0 Å².